The average molecular weight is 271 g/mol. The van der Waals surface area contributed by atoms with Crippen LogP contribution in [0.2, 0.25) is 0 Å². The molecule has 0 fully saturated rings. The Balaban J connectivity index is 2.24. The molecule has 0 unspecified atom stereocenters. The van der Waals surface area contributed by atoms with Gasteiger partial charge in [0.05, 0.1) is 0 Å². The number of hydrogen-bond acceptors (Lipinski definition) is 8. The normalized spacial score (nSPS) is 10.6. The molecule has 2 N–H and O–H groups in total. The van der Waals surface area contributed by atoms with Crippen molar-refractivity contribution in [2.24, 2.45) is 0 Å². The maximum Gasteiger partial charge on any atom is 0.190 e. The summed E-state index contributed by atoms with van der Waals surface area (Å²) >= 11 is 4.45. The molecule has 0 radical (unpaired) electrons. The minimum absolute atomic E-state index is 0.475. The van der Waals surface area contributed by atoms with E-state index in [0.717, 1.165) is 14.4 Å². The molecule has 5 nitrogen and oxygen atoms in total. The van der Waals surface area contributed by atoms with Crippen molar-refractivity contribution in [1.29, 1.82) is 0 Å². The zero-order valence-corrected chi connectivity index (χ0v) is 11.1. The number of thioether (sulfide) groups is 1. The number of nitrogens with two attached hydrogens (primary N) is 1. The Morgan fingerprint density at radius 1 is 1.31 bits per heavy atom. The van der Waals surface area contributed by atoms with E-state index in [9.17, 15) is 0 Å². The summed E-state index contributed by atoms with van der Waals surface area (Å²) in [4.78, 5) is 8.41. The lowest BCUT2D eigenvalue weighted by Crippen LogP contribution is -1.95. The topological polar surface area (TPSA) is 77.6 Å². The minimum atomic E-state index is 0.475. The van der Waals surface area contributed by atoms with Crippen molar-refractivity contribution in [3.05, 3.63) is 11.1 Å². The van der Waals surface area contributed by atoms with Crippen LogP contribution in [0.25, 0.3) is 0 Å². The van der Waals surface area contributed by atoms with E-state index < -0.39 is 0 Å². The molecule has 2 aromatic heterocycles. The van der Waals surface area contributed by atoms with Crippen LogP contribution in [0.15, 0.2) is 20.6 Å². The third kappa shape index (κ3) is 2.83. The van der Waals surface area contributed by atoms with Crippen LogP contribution >= 0.6 is 34.9 Å². The second-order valence-corrected chi connectivity index (χ2v) is 6.03. The lowest BCUT2D eigenvalue weighted by atomic mass is 10.6. The van der Waals surface area contributed by atoms with Gasteiger partial charge in [0.15, 0.2) is 9.50 Å². The highest BCUT2D eigenvalue weighted by Gasteiger charge is 2.07. The molecule has 0 amide bonds. The number of rotatable bonds is 3. The quantitative estimate of drug-likeness (QED) is 0.520. The van der Waals surface area contributed by atoms with Crippen LogP contribution in [-0.4, -0.2) is 26.4 Å². The molecule has 84 valence electrons. The van der Waals surface area contributed by atoms with E-state index >= 15 is 0 Å². The maximum absolute atomic E-state index is 5.68. The largest absolute Gasteiger partial charge is 0.384 e. The minimum Gasteiger partial charge on any atom is -0.384 e. The first-order valence-corrected chi connectivity index (χ1v) is 7.19. The van der Waals surface area contributed by atoms with Crippen LogP contribution in [0.5, 0.6) is 0 Å². The predicted molar refractivity (Wildman–Crippen MR) is 67.0 cm³/mol. The molecule has 2 aromatic rings. The Bertz CT molecular complexity index is 498. The molecule has 0 aliphatic rings. The summed E-state index contributed by atoms with van der Waals surface area (Å²) in [6, 6.07) is 1.74. The summed E-state index contributed by atoms with van der Waals surface area (Å²) in [7, 11) is 0. The molecule has 2 heterocycles. The summed E-state index contributed by atoms with van der Waals surface area (Å²) in [5.41, 5.74) is 5.68. The first-order chi connectivity index (χ1) is 7.67. The third-order valence-electron chi connectivity index (χ3n) is 1.58. The third-order valence-corrected chi connectivity index (χ3v) is 3.94. The molecule has 0 aliphatic heterocycles. The van der Waals surface area contributed by atoms with E-state index in [4.69, 9.17) is 5.73 Å². The van der Waals surface area contributed by atoms with Crippen molar-refractivity contribution in [1.82, 2.24) is 20.2 Å². The van der Waals surface area contributed by atoms with Crippen LogP contribution in [0.4, 0.5) is 5.82 Å². The van der Waals surface area contributed by atoms with Gasteiger partial charge >= 0.3 is 0 Å². The second-order valence-electron chi connectivity index (χ2n) is 2.81. The highest BCUT2D eigenvalue weighted by Crippen LogP contribution is 2.30. The average Bonchev–Trinajstić information content (AvgIpc) is 2.63. The molecule has 8 heteroatoms. The summed E-state index contributed by atoms with van der Waals surface area (Å²) in [5, 5.41) is 10.4. The molecule has 0 aromatic carbocycles. The first-order valence-electron chi connectivity index (χ1n) is 4.34. The smallest absolute Gasteiger partial charge is 0.190 e. The first kappa shape index (κ1) is 11.6. The van der Waals surface area contributed by atoms with Crippen molar-refractivity contribution in [2.75, 3.05) is 12.0 Å². The van der Waals surface area contributed by atoms with Gasteiger partial charge in [-0.1, -0.05) is 23.1 Å². The van der Waals surface area contributed by atoms with Gasteiger partial charge in [-0.2, -0.15) is 0 Å². The lowest BCUT2D eigenvalue weighted by molar-refractivity contribution is 0.899. The second kappa shape index (κ2) is 4.98. The molecule has 0 spiro atoms. The molecule has 0 saturated heterocycles. The molecule has 0 bridgehead atoms. The summed E-state index contributed by atoms with van der Waals surface area (Å²) in [6.45, 7) is 1.92. The summed E-state index contributed by atoms with van der Waals surface area (Å²) < 4.78 is 0.864. The van der Waals surface area contributed by atoms with Crippen LogP contribution in [0, 0.1) is 6.92 Å². The van der Waals surface area contributed by atoms with Crippen molar-refractivity contribution in [3.8, 4) is 0 Å². The number of hydrogen-bond donors (Lipinski definition) is 1. The van der Waals surface area contributed by atoms with E-state index in [0.29, 0.717) is 11.0 Å². The Hall–Kier alpha value is -0.860. The SMILES string of the molecule is CSc1nc(N)cc(Sc2nnc(C)s2)n1. The maximum atomic E-state index is 5.68. The fraction of sp³-hybridized carbons (Fsp3) is 0.250. The van der Waals surface area contributed by atoms with Crippen molar-refractivity contribution in [2.45, 2.75) is 21.4 Å². The standard InChI is InChI=1S/C8H9N5S3/c1-4-12-13-8(15-4)16-6-3-5(9)10-7(11-6)14-2/h3H,1-2H3,(H2,9,10,11). The molecule has 0 saturated carbocycles. The lowest BCUT2D eigenvalue weighted by Gasteiger charge is -2.00. The predicted octanol–water partition coefficient (Wildman–Crippen LogP) is 2.09. The number of anilines is 1. The van der Waals surface area contributed by atoms with Crippen LogP contribution in [0.1, 0.15) is 5.01 Å². The van der Waals surface area contributed by atoms with E-state index in [1.165, 1.54) is 34.9 Å². The van der Waals surface area contributed by atoms with Crippen molar-refractivity contribution < 1.29 is 0 Å². The van der Waals surface area contributed by atoms with Gasteiger partial charge in [0.1, 0.15) is 15.9 Å². The van der Waals surface area contributed by atoms with Gasteiger partial charge in [0.2, 0.25) is 0 Å². The van der Waals surface area contributed by atoms with Crippen LogP contribution in [0.3, 0.4) is 0 Å². The van der Waals surface area contributed by atoms with E-state index in [1.54, 1.807) is 6.07 Å². The Morgan fingerprint density at radius 3 is 2.75 bits per heavy atom. The van der Waals surface area contributed by atoms with Gasteiger partial charge in [0.25, 0.3) is 0 Å². The fourth-order valence-corrected chi connectivity index (χ4v) is 3.19. The molecular formula is C8H9N5S3. The summed E-state index contributed by atoms with van der Waals surface area (Å²) in [6.07, 6.45) is 1.91. The summed E-state index contributed by atoms with van der Waals surface area (Å²) in [5.74, 6) is 0.475. The number of aromatic nitrogens is 4. The van der Waals surface area contributed by atoms with Gasteiger partial charge in [-0.3, -0.25) is 0 Å². The number of nitrogen functional groups attached to an aromatic ring is 1. The van der Waals surface area contributed by atoms with E-state index in [2.05, 4.69) is 20.2 Å². The van der Waals surface area contributed by atoms with Crippen LogP contribution < -0.4 is 5.73 Å². The zero-order valence-electron chi connectivity index (χ0n) is 8.67. The van der Waals surface area contributed by atoms with Crippen molar-refractivity contribution in [3.63, 3.8) is 0 Å². The highest BCUT2D eigenvalue weighted by molar-refractivity contribution is 8.01. The Morgan fingerprint density at radius 2 is 2.12 bits per heavy atom. The monoisotopic (exact) mass is 271 g/mol. The Kier molecular flexibility index (Phi) is 3.62. The highest BCUT2D eigenvalue weighted by atomic mass is 32.2. The number of nitrogens with zero attached hydrogens (tertiary/aromatic N) is 4. The zero-order chi connectivity index (χ0) is 11.5. The molecule has 2 rings (SSSR count). The van der Waals surface area contributed by atoms with Gasteiger partial charge < -0.3 is 5.73 Å². The molecular weight excluding hydrogens is 262 g/mol. The molecule has 16 heavy (non-hydrogen) atoms. The van der Waals surface area contributed by atoms with Crippen molar-refractivity contribution >= 4 is 40.7 Å². The fourth-order valence-electron chi connectivity index (χ4n) is 0.973. The molecule has 0 atom stereocenters. The van der Waals surface area contributed by atoms with Gasteiger partial charge in [0, 0.05) is 6.07 Å². The molecule has 0 aliphatic carbocycles. The van der Waals surface area contributed by atoms with Crippen LogP contribution in [-0.2, 0) is 0 Å². The van der Waals surface area contributed by atoms with Gasteiger partial charge in [-0.15, -0.1) is 10.2 Å². The van der Waals surface area contributed by atoms with E-state index in [-0.39, 0.29) is 0 Å². The van der Waals surface area contributed by atoms with Gasteiger partial charge in [-0.25, -0.2) is 9.97 Å². The number of aryl methyl sites for hydroxylation is 1. The van der Waals surface area contributed by atoms with Gasteiger partial charge in [-0.05, 0) is 24.9 Å². The Labute approximate surface area is 105 Å². The van der Waals surface area contributed by atoms with E-state index in [1.807, 2.05) is 13.2 Å².